The molecule has 1 saturated heterocycles. The van der Waals surface area contributed by atoms with Crippen molar-refractivity contribution < 1.29 is 14.3 Å². The first-order chi connectivity index (χ1) is 8.98. The lowest BCUT2D eigenvalue weighted by atomic mass is 10.0. The molecule has 1 aromatic rings. The maximum Gasteiger partial charge on any atom is 0.192 e. The third-order valence-electron chi connectivity index (χ3n) is 3.55. The van der Waals surface area contributed by atoms with Gasteiger partial charge < -0.3 is 15.2 Å². The molecule has 3 rings (SSSR count). The number of Topliss-reactive ketones (excluding diaryl/α,β-unsaturated/α-hetero) is 1. The second-order valence-electron chi connectivity index (χ2n) is 5.42. The van der Waals surface area contributed by atoms with Crippen LogP contribution in [0, 0.1) is 0 Å². The Bertz CT molecular complexity index is 548. The Morgan fingerprint density at radius 3 is 2.58 bits per heavy atom. The van der Waals surface area contributed by atoms with Gasteiger partial charge in [0.05, 0.1) is 6.10 Å². The third kappa shape index (κ3) is 2.07. The number of carbonyl (C=O) groups is 1. The molecule has 0 radical (unpaired) electrons. The van der Waals surface area contributed by atoms with Crippen molar-refractivity contribution in [1.29, 1.82) is 0 Å². The van der Waals surface area contributed by atoms with Crippen molar-refractivity contribution in [3.05, 3.63) is 41.5 Å². The highest BCUT2D eigenvalue weighted by Crippen LogP contribution is 2.40. The van der Waals surface area contributed by atoms with E-state index >= 15 is 0 Å². The summed E-state index contributed by atoms with van der Waals surface area (Å²) in [6, 6.07) is 9.52. The zero-order chi connectivity index (χ0) is 13.6. The highest BCUT2D eigenvalue weighted by molar-refractivity contribution is 6.07. The predicted octanol–water partition coefficient (Wildman–Crippen LogP) is 1.85. The standard InChI is InChI=1S/C15H17NO3/c1-15(2)18-11-8-10(13(17)14(11)19-15)12(16)9-6-4-3-5-7-9/h3-7,11,14H,8,16H2,1-2H3/b12-10-/t11-,14-/m0/s1. The topological polar surface area (TPSA) is 61.5 Å². The molecule has 4 nitrogen and oxygen atoms in total. The van der Waals surface area contributed by atoms with Crippen LogP contribution in [0.15, 0.2) is 35.9 Å². The zero-order valence-corrected chi connectivity index (χ0v) is 11.1. The normalized spacial score (nSPS) is 31.4. The van der Waals surface area contributed by atoms with Crippen molar-refractivity contribution in [2.45, 2.75) is 38.3 Å². The Labute approximate surface area is 112 Å². The predicted molar refractivity (Wildman–Crippen MR) is 71.0 cm³/mol. The summed E-state index contributed by atoms with van der Waals surface area (Å²) < 4.78 is 11.4. The van der Waals surface area contributed by atoms with E-state index in [1.54, 1.807) is 0 Å². The molecule has 2 N–H and O–H groups in total. The van der Waals surface area contributed by atoms with Gasteiger partial charge in [-0.15, -0.1) is 0 Å². The first-order valence-electron chi connectivity index (χ1n) is 6.42. The van der Waals surface area contributed by atoms with Gasteiger partial charge in [-0.1, -0.05) is 30.3 Å². The van der Waals surface area contributed by atoms with E-state index in [4.69, 9.17) is 15.2 Å². The van der Waals surface area contributed by atoms with Gasteiger partial charge in [0.1, 0.15) is 6.10 Å². The molecule has 1 aliphatic heterocycles. The summed E-state index contributed by atoms with van der Waals surface area (Å²) in [7, 11) is 0. The SMILES string of the molecule is CC1(C)O[C@H]2C/C(=C(/N)c3ccccc3)C(=O)[C@H]2O1. The molecule has 1 aliphatic carbocycles. The van der Waals surface area contributed by atoms with Crippen LogP contribution in [-0.2, 0) is 14.3 Å². The summed E-state index contributed by atoms with van der Waals surface area (Å²) >= 11 is 0. The lowest BCUT2D eigenvalue weighted by Crippen LogP contribution is -2.26. The number of ketones is 1. The van der Waals surface area contributed by atoms with Gasteiger partial charge in [0, 0.05) is 17.7 Å². The monoisotopic (exact) mass is 259 g/mol. The van der Waals surface area contributed by atoms with Crippen LogP contribution < -0.4 is 5.73 Å². The van der Waals surface area contributed by atoms with E-state index in [9.17, 15) is 4.79 Å². The highest BCUT2D eigenvalue weighted by atomic mass is 16.8. The van der Waals surface area contributed by atoms with Crippen molar-refractivity contribution in [2.24, 2.45) is 5.73 Å². The van der Waals surface area contributed by atoms with E-state index in [-0.39, 0.29) is 11.9 Å². The smallest absolute Gasteiger partial charge is 0.192 e. The molecular weight excluding hydrogens is 242 g/mol. The number of ether oxygens (including phenoxy) is 2. The van der Waals surface area contributed by atoms with Crippen LogP contribution in [0.4, 0.5) is 0 Å². The van der Waals surface area contributed by atoms with Crippen LogP contribution in [0.2, 0.25) is 0 Å². The molecule has 0 unspecified atom stereocenters. The van der Waals surface area contributed by atoms with Gasteiger partial charge in [-0.3, -0.25) is 4.79 Å². The quantitative estimate of drug-likeness (QED) is 0.782. The fraction of sp³-hybridized carbons (Fsp3) is 0.400. The fourth-order valence-electron chi connectivity index (χ4n) is 2.71. The molecule has 0 bridgehead atoms. The minimum absolute atomic E-state index is 0.0445. The van der Waals surface area contributed by atoms with Gasteiger partial charge in [0.2, 0.25) is 0 Å². The second-order valence-corrected chi connectivity index (χ2v) is 5.42. The average Bonchev–Trinajstić information content (AvgIpc) is 2.84. The number of hydrogen-bond acceptors (Lipinski definition) is 4. The van der Waals surface area contributed by atoms with E-state index in [1.807, 2.05) is 44.2 Å². The fourth-order valence-corrected chi connectivity index (χ4v) is 2.71. The van der Waals surface area contributed by atoms with E-state index in [2.05, 4.69) is 0 Å². The lowest BCUT2D eigenvalue weighted by molar-refractivity contribution is -0.156. The molecule has 19 heavy (non-hydrogen) atoms. The Morgan fingerprint density at radius 1 is 1.26 bits per heavy atom. The molecule has 1 saturated carbocycles. The summed E-state index contributed by atoms with van der Waals surface area (Å²) in [5.74, 6) is -0.727. The van der Waals surface area contributed by atoms with Crippen molar-refractivity contribution in [1.82, 2.24) is 0 Å². The Morgan fingerprint density at radius 2 is 1.95 bits per heavy atom. The van der Waals surface area contributed by atoms with Crippen LogP contribution in [0.1, 0.15) is 25.8 Å². The van der Waals surface area contributed by atoms with E-state index < -0.39 is 11.9 Å². The first kappa shape index (κ1) is 12.4. The molecule has 0 aromatic heterocycles. The summed E-state index contributed by atoms with van der Waals surface area (Å²) in [6.07, 6.45) is -0.194. The molecule has 0 spiro atoms. The van der Waals surface area contributed by atoms with Gasteiger partial charge >= 0.3 is 0 Å². The lowest BCUT2D eigenvalue weighted by Gasteiger charge is -2.18. The van der Waals surface area contributed by atoms with E-state index in [1.165, 1.54) is 0 Å². The minimum atomic E-state index is -0.683. The average molecular weight is 259 g/mol. The molecule has 0 amide bonds. The van der Waals surface area contributed by atoms with Gasteiger partial charge in [0.25, 0.3) is 0 Å². The van der Waals surface area contributed by atoms with Crippen molar-refractivity contribution in [2.75, 3.05) is 0 Å². The number of rotatable bonds is 1. The summed E-state index contributed by atoms with van der Waals surface area (Å²) in [6.45, 7) is 3.64. The molecule has 1 aromatic carbocycles. The van der Waals surface area contributed by atoms with Crippen LogP contribution in [0.3, 0.4) is 0 Å². The Hall–Kier alpha value is -1.65. The molecule has 2 atom stereocenters. The number of benzene rings is 1. The molecule has 2 fully saturated rings. The van der Waals surface area contributed by atoms with Gasteiger partial charge in [-0.25, -0.2) is 0 Å². The summed E-state index contributed by atoms with van der Waals surface area (Å²) in [5.41, 5.74) is 8.13. The Balaban J connectivity index is 1.92. The maximum absolute atomic E-state index is 12.3. The van der Waals surface area contributed by atoms with Crippen molar-refractivity contribution in [3.63, 3.8) is 0 Å². The van der Waals surface area contributed by atoms with Gasteiger partial charge in [-0.05, 0) is 19.4 Å². The molecule has 2 aliphatic rings. The summed E-state index contributed by atoms with van der Waals surface area (Å²) in [5, 5.41) is 0. The largest absolute Gasteiger partial charge is 0.398 e. The van der Waals surface area contributed by atoms with Crippen LogP contribution in [0.25, 0.3) is 5.70 Å². The molecule has 1 heterocycles. The van der Waals surface area contributed by atoms with E-state index in [0.29, 0.717) is 17.7 Å². The zero-order valence-electron chi connectivity index (χ0n) is 11.1. The molecular formula is C15H17NO3. The second kappa shape index (κ2) is 4.18. The maximum atomic E-state index is 12.3. The van der Waals surface area contributed by atoms with E-state index in [0.717, 1.165) is 5.56 Å². The molecule has 4 heteroatoms. The number of hydrogen-bond donors (Lipinski definition) is 1. The molecule has 100 valence electrons. The minimum Gasteiger partial charge on any atom is -0.398 e. The van der Waals surface area contributed by atoms with Crippen LogP contribution in [-0.4, -0.2) is 23.8 Å². The van der Waals surface area contributed by atoms with Crippen molar-refractivity contribution in [3.8, 4) is 0 Å². The Kier molecular flexibility index (Phi) is 2.73. The number of nitrogens with two attached hydrogens (primary N) is 1. The van der Waals surface area contributed by atoms with Crippen LogP contribution >= 0.6 is 0 Å². The number of fused-ring (bicyclic) bond motifs is 1. The highest BCUT2D eigenvalue weighted by Gasteiger charge is 2.51. The van der Waals surface area contributed by atoms with Crippen LogP contribution in [0.5, 0.6) is 0 Å². The summed E-state index contributed by atoms with van der Waals surface area (Å²) in [4.78, 5) is 12.3. The van der Waals surface area contributed by atoms with Gasteiger partial charge in [-0.2, -0.15) is 0 Å². The third-order valence-corrected chi connectivity index (χ3v) is 3.55. The first-order valence-corrected chi connectivity index (χ1v) is 6.42. The van der Waals surface area contributed by atoms with Gasteiger partial charge in [0.15, 0.2) is 11.6 Å². The number of carbonyl (C=O) groups excluding carboxylic acids is 1. The van der Waals surface area contributed by atoms with Crippen molar-refractivity contribution >= 4 is 11.5 Å².